The Bertz CT molecular complexity index is 413. The third-order valence-electron chi connectivity index (χ3n) is 3.73. The van der Waals surface area contributed by atoms with Crippen LogP contribution in [0.5, 0.6) is 0 Å². The van der Waals surface area contributed by atoms with Crippen molar-refractivity contribution in [2.24, 2.45) is 5.92 Å². The summed E-state index contributed by atoms with van der Waals surface area (Å²) in [5.74, 6) is 0.902. The highest BCUT2D eigenvalue weighted by Gasteiger charge is 2.14. The number of nitriles is 1. The molecule has 0 saturated carbocycles. The molecule has 0 aromatic carbocycles. The van der Waals surface area contributed by atoms with Gasteiger partial charge in [-0.1, -0.05) is 6.92 Å². The quantitative estimate of drug-likeness (QED) is 0.824. The zero-order valence-corrected chi connectivity index (χ0v) is 11.6. The normalized spacial score (nSPS) is 17.1. The van der Waals surface area contributed by atoms with Crippen LogP contribution < -0.4 is 5.32 Å². The van der Waals surface area contributed by atoms with Crippen molar-refractivity contribution in [3.05, 3.63) is 24.0 Å². The van der Waals surface area contributed by atoms with Crippen molar-refractivity contribution in [2.75, 3.05) is 31.5 Å². The Morgan fingerprint density at radius 2 is 2.21 bits per heavy atom. The van der Waals surface area contributed by atoms with Gasteiger partial charge in [0.2, 0.25) is 0 Å². The van der Waals surface area contributed by atoms with Gasteiger partial charge in [-0.2, -0.15) is 5.26 Å². The third-order valence-corrected chi connectivity index (χ3v) is 3.73. The van der Waals surface area contributed by atoms with Crippen LogP contribution in [0.3, 0.4) is 0 Å². The molecule has 1 N–H and O–H groups in total. The highest BCUT2D eigenvalue weighted by Crippen LogP contribution is 2.15. The van der Waals surface area contributed by atoms with E-state index in [4.69, 9.17) is 5.26 Å². The maximum Gasteiger partial charge on any atom is 0.140 e. The number of nitrogens with one attached hydrogen (secondary N) is 1. The summed E-state index contributed by atoms with van der Waals surface area (Å²) in [5, 5.41) is 12.0. The van der Waals surface area contributed by atoms with Crippen molar-refractivity contribution in [3.63, 3.8) is 0 Å². The zero-order chi connectivity index (χ0) is 13.5. The second kappa shape index (κ2) is 7.10. The van der Waals surface area contributed by atoms with Crippen LogP contribution in [0.15, 0.2) is 18.3 Å². The van der Waals surface area contributed by atoms with E-state index in [0.29, 0.717) is 5.69 Å². The summed E-state index contributed by atoms with van der Waals surface area (Å²) in [6.45, 7) is 6.97. The largest absolute Gasteiger partial charge is 0.384 e. The van der Waals surface area contributed by atoms with Gasteiger partial charge in [0.25, 0.3) is 0 Å². The van der Waals surface area contributed by atoms with E-state index in [0.717, 1.165) is 24.6 Å². The second-order valence-electron chi connectivity index (χ2n) is 5.35. The molecule has 4 nitrogen and oxygen atoms in total. The number of hydrogen-bond donors (Lipinski definition) is 1. The molecule has 1 aromatic rings. The molecule has 0 unspecified atom stereocenters. The smallest absolute Gasteiger partial charge is 0.140 e. The lowest BCUT2D eigenvalue weighted by Crippen LogP contribution is -2.34. The fourth-order valence-electron chi connectivity index (χ4n) is 2.39. The number of hydrogen-bond acceptors (Lipinski definition) is 4. The van der Waals surface area contributed by atoms with Crippen molar-refractivity contribution < 1.29 is 0 Å². The molecule has 4 heteroatoms. The fraction of sp³-hybridized carbons (Fsp3) is 0.600. The number of aromatic nitrogens is 1. The van der Waals surface area contributed by atoms with Crippen molar-refractivity contribution in [1.29, 1.82) is 5.26 Å². The minimum Gasteiger partial charge on any atom is -0.384 e. The van der Waals surface area contributed by atoms with Gasteiger partial charge in [0.15, 0.2) is 0 Å². The Labute approximate surface area is 115 Å². The number of piperidine rings is 1. The van der Waals surface area contributed by atoms with E-state index in [1.807, 2.05) is 12.1 Å². The molecule has 0 bridgehead atoms. The number of likely N-dealkylation sites (tertiary alicyclic amines) is 1. The molecule has 1 aromatic heterocycles. The van der Waals surface area contributed by atoms with E-state index in [-0.39, 0.29) is 0 Å². The predicted molar refractivity (Wildman–Crippen MR) is 76.9 cm³/mol. The molecule has 0 amide bonds. The molecule has 0 spiro atoms. The summed E-state index contributed by atoms with van der Waals surface area (Å²) in [6.07, 6.45) is 5.55. The monoisotopic (exact) mass is 258 g/mol. The molecule has 1 aliphatic heterocycles. The number of rotatable bonds is 5. The molecule has 0 aliphatic carbocycles. The summed E-state index contributed by atoms with van der Waals surface area (Å²) >= 11 is 0. The van der Waals surface area contributed by atoms with Gasteiger partial charge in [0.1, 0.15) is 11.8 Å². The van der Waals surface area contributed by atoms with E-state index < -0.39 is 0 Å². The average molecular weight is 258 g/mol. The standard InChI is InChI=1S/C15H22N4/c1-13-5-9-19(10-6-13)8-2-7-17-15-4-3-14(11-16)18-12-15/h3-4,12-13,17H,2,5-10H2,1H3. The van der Waals surface area contributed by atoms with Gasteiger partial charge in [-0.15, -0.1) is 0 Å². The Morgan fingerprint density at radius 1 is 1.42 bits per heavy atom. The number of nitrogens with zero attached hydrogens (tertiary/aromatic N) is 3. The van der Waals surface area contributed by atoms with Crippen LogP contribution in [0.25, 0.3) is 0 Å². The summed E-state index contributed by atoms with van der Waals surface area (Å²) in [5.41, 5.74) is 1.46. The Balaban J connectivity index is 1.62. The molecule has 1 saturated heterocycles. The topological polar surface area (TPSA) is 52.0 Å². The van der Waals surface area contributed by atoms with Crippen LogP contribution in [0.1, 0.15) is 31.9 Å². The first kappa shape index (κ1) is 13.8. The summed E-state index contributed by atoms with van der Waals surface area (Å²) < 4.78 is 0. The van der Waals surface area contributed by atoms with Crippen LogP contribution in [-0.4, -0.2) is 36.1 Å². The Kier molecular flexibility index (Phi) is 5.17. The molecule has 0 radical (unpaired) electrons. The second-order valence-corrected chi connectivity index (χ2v) is 5.35. The number of pyridine rings is 1. The van der Waals surface area contributed by atoms with Gasteiger partial charge in [0.05, 0.1) is 11.9 Å². The first-order chi connectivity index (χ1) is 9.28. The molecule has 0 atom stereocenters. The van der Waals surface area contributed by atoms with Gasteiger partial charge in [0, 0.05) is 6.54 Å². The van der Waals surface area contributed by atoms with Crippen molar-refractivity contribution in [2.45, 2.75) is 26.2 Å². The Hall–Kier alpha value is -1.60. The van der Waals surface area contributed by atoms with Crippen LogP contribution >= 0.6 is 0 Å². The first-order valence-corrected chi connectivity index (χ1v) is 7.10. The molecular formula is C15H22N4. The molecule has 2 rings (SSSR count). The van der Waals surface area contributed by atoms with Gasteiger partial charge in [-0.3, -0.25) is 0 Å². The maximum absolute atomic E-state index is 8.67. The van der Waals surface area contributed by atoms with Crippen molar-refractivity contribution in [3.8, 4) is 6.07 Å². The lowest BCUT2D eigenvalue weighted by atomic mass is 9.99. The maximum atomic E-state index is 8.67. The van der Waals surface area contributed by atoms with E-state index in [9.17, 15) is 0 Å². The molecular weight excluding hydrogens is 236 g/mol. The molecule has 1 fully saturated rings. The van der Waals surface area contributed by atoms with E-state index in [1.165, 1.54) is 32.5 Å². The van der Waals surface area contributed by atoms with Crippen molar-refractivity contribution >= 4 is 5.69 Å². The third kappa shape index (κ3) is 4.53. The average Bonchev–Trinajstić information content (AvgIpc) is 2.46. The van der Waals surface area contributed by atoms with Crippen molar-refractivity contribution in [1.82, 2.24) is 9.88 Å². The van der Waals surface area contributed by atoms with E-state index >= 15 is 0 Å². The Morgan fingerprint density at radius 3 is 2.84 bits per heavy atom. The summed E-state index contributed by atoms with van der Waals surface area (Å²) in [4.78, 5) is 6.59. The molecule has 102 valence electrons. The fourth-order valence-corrected chi connectivity index (χ4v) is 2.39. The van der Waals surface area contributed by atoms with E-state index in [2.05, 4.69) is 22.1 Å². The molecule has 19 heavy (non-hydrogen) atoms. The van der Waals surface area contributed by atoms with Gasteiger partial charge in [-0.25, -0.2) is 4.98 Å². The van der Waals surface area contributed by atoms with E-state index in [1.54, 1.807) is 12.3 Å². The first-order valence-electron chi connectivity index (χ1n) is 7.10. The minimum absolute atomic E-state index is 0.466. The summed E-state index contributed by atoms with van der Waals surface area (Å²) in [6, 6.07) is 5.68. The number of anilines is 1. The van der Waals surface area contributed by atoms with Crippen LogP contribution in [0.2, 0.25) is 0 Å². The lowest BCUT2D eigenvalue weighted by molar-refractivity contribution is 0.192. The van der Waals surface area contributed by atoms with Crippen LogP contribution in [-0.2, 0) is 0 Å². The molecule has 2 heterocycles. The summed E-state index contributed by atoms with van der Waals surface area (Å²) in [7, 11) is 0. The zero-order valence-electron chi connectivity index (χ0n) is 11.6. The lowest BCUT2D eigenvalue weighted by Gasteiger charge is -2.30. The highest BCUT2D eigenvalue weighted by atomic mass is 15.1. The SMILES string of the molecule is CC1CCN(CCCNc2ccc(C#N)nc2)CC1. The van der Waals surface area contributed by atoms with Gasteiger partial charge >= 0.3 is 0 Å². The van der Waals surface area contributed by atoms with Crippen LogP contribution in [0, 0.1) is 17.2 Å². The van der Waals surface area contributed by atoms with Gasteiger partial charge in [-0.05, 0) is 56.9 Å². The van der Waals surface area contributed by atoms with Gasteiger partial charge < -0.3 is 10.2 Å². The van der Waals surface area contributed by atoms with Crippen LogP contribution in [0.4, 0.5) is 5.69 Å². The minimum atomic E-state index is 0.466. The highest BCUT2D eigenvalue weighted by molar-refractivity contribution is 5.42. The molecule has 1 aliphatic rings. The predicted octanol–water partition coefficient (Wildman–Crippen LogP) is 2.49.